The van der Waals surface area contributed by atoms with Gasteiger partial charge in [0.1, 0.15) is 5.75 Å². The molecule has 29 heavy (non-hydrogen) atoms. The van der Waals surface area contributed by atoms with E-state index in [0.717, 1.165) is 23.4 Å². The Kier molecular flexibility index (Phi) is 6.49. The van der Waals surface area contributed by atoms with Crippen molar-refractivity contribution in [1.82, 2.24) is 10.2 Å². The molecule has 0 radical (unpaired) electrons. The Morgan fingerprint density at radius 1 is 1.17 bits per heavy atom. The SMILES string of the molecule is COc1cccc(CN(C)C(=O)CNC(=O)c2ccc(N3CCCC3=O)cc2)c1. The molecular weight excluding hydrogens is 370 g/mol. The van der Waals surface area contributed by atoms with E-state index in [4.69, 9.17) is 4.74 Å². The van der Waals surface area contributed by atoms with Crippen molar-refractivity contribution in [3.63, 3.8) is 0 Å². The monoisotopic (exact) mass is 395 g/mol. The summed E-state index contributed by atoms with van der Waals surface area (Å²) >= 11 is 0. The van der Waals surface area contributed by atoms with Crippen LogP contribution in [-0.2, 0) is 16.1 Å². The second-order valence-electron chi connectivity index (χ2n) is 6.98. The van der Waals surface area contributed by atoms with Gasteiger partial charge in [0.25, 0.3) is 5.91 Å². The Balaban J connectivity index is 1.51. The third kappa shape index (κ3) is 5.13. The van der Waals surface area contributed by atoms with Gasteiger partial charge in [-0.25, -0.2) is 0 Å². The minimum atomic E-state index is -0.326. The molecule has 0 aromatic heterocycles. The molecule has 2 aromatic carbocycles. The van der Waals surface area contributed by atoms with E-state index in [2.05, 4.69) is 5.32 Å². The molecule has 0 spiro atoms. The third-order valence-corrected chi connectivity index (χ3v) is 4.89. The van der Waals surface area contributed by atoms with Crippen LogP contribution in [0.2, 0.25) is 0 Å². The van der Waals surface area contributed by atoms with Crippen molar-refractivity contribution in [2.24, 2.45) is 0 Å². The van der Waals surface area contributed by atoms with Gasteiger partial charge < -0.3 is 19.9 Å². The standard InChI is InChI=1S/C22H25N3O4/c1-24(15-16-5-3-6-19(13-16)29-2)21(27)14-23-22(28)17-8-10-18(11-9-17)25-12-4-7-20(25)26/h3,5-6,8-11,13H,4,7,12,14-15H2,1-2H3,(H,23,28). The summed E-state index contributed by atoms with van der Waals surface area (Å²) in [4.78, 5) is 39.7. The van der Waals surface area contributed by atoms with Crippen LogP contribution in [0.5, 0.6) is 5.75 Å². The zero-order valence-electron chi connectivity index (χ0n) is 16.7. The van der Waals surface area contributed by atoms with Gasteiger partial charge in [-0.2, -0.15) is 0 Å². The van der Waals surface area contributed by atoms with E-state index >= 15 is 0 Å². The molecule has 0 atom stereocenters. The summed E-state index contributed by atoms with van der Waals surface area (Å²) < 4.78 is 5.19. The number of amides is 3. The smallest absolute Gasteiger partial charge is 0.251 e. The molecule has 0 unspecified atom stereocenters. The van der Waals surface area contributed by atoms with E-state index in [1.807, 2.05) is 24.3 Å². The van der Waals surface area contributed by atoms with E-state index in [1.54, 1.807) is 48.2 Å². The van der Waals surface area contributed by atoms with Gasteiger partial charge >= 0.3 is 0 Å². The van der Waals surface area contributed by atoms with Gasteiger partial charge in [0, 0.05) is 37.8 Å². The maximum Gasteiger partial charge on any atom is 0.251 e. The molecule has 3 amide bonds. The first-order chi connectivity index (χ1) is 14.0. The normalized spacial score (nSPS) is 13.3. The Hall–Kier alpha value is -3.35. The van der Waals surface area contributed by atoms with E-state index in [-0.39, 0.29) is 24.3 Å². The largest absolute Gasteiger partial charge is 0.497 e. The van der Waals surface area contributed by atoms with Crippen LogP contribution < -0.4 is 15.0 Å². The van der Waals surface area contributed by atoms with Crippen molar-refractivity contribution < 1.29 is 19.1 Å². The van der Waals surface area contributed by atoms with Crippen LogP contribution in [0.15, 0.2) is 48.5 Å². The summed E-state index contributed by atoms with van der Waals surface area (Å²) in [5.41, 5.74) is 2.18. The van der Waals surface area contributed by atoms with Crippen molar-refractivity contribution >= 4 is 23.4 Å². The molecule has 0 aliphatic carbocycles. The van der Waals surface area contributed by atoms with Crippen molar-refractivity contribution in [1.29, 1.82) is 0 Å². The number of rotatable bonds is 7. The second-order valence-corrected chi connectivity index (χ2v) is 6.98. The van der Waals surface area contributed by atoms with Crippen LogP contribution >= 0.6 is 0 Å². The fraction of sp³-hybridized carbons (Fsp3) is 0.318. The van der Waals surface area contributed by atoms with Gasteiger partial charge in [0.2, 0.25) is 11.8 Å². The topological polar surface area (TPSA) is 79.0 Å². The van der Waals surface area contributed by atoms with Crippen LogP contribution in [0.25, 0.3) is 0 Å². The average Bonchev–Trinajstić information content (AvgIpc) is 3.17. The van der Waals surface area contributed by atoms with Gasteiger partial charge in [-0.05, 0) is 48.4 Å². The van der Waals surface area contributed by atoms with Crippen LogP contribution in [0, 0.1) is 0 Å². The van der Waals surface area contributed by atoms with Crippen LogP contribution in [0.1, 0.15) is 28.8 Å². The molecule has 1 fully saturated rings. The number of likely N-dealkylation sites (N-methyl/N-ethyl adjacent to an activating group) is 1. The van der Waals surface area contributed by atoms with Crippen molar-refractivity contribution in [3.8, 4) is 5.75 Å². The first kappa shape index (κ1) is 20.4. The molecule has 1 aliphatic rings. The molecule has 1 N–H and O–H groups in total. The highest BCUT2D eigenvalue weighted by molar-refractivity contribution is 5.98. The molecule has 152 valence electrons. The lowest BCUT2D eigenvalue weighted by Crippen LogP contribution is -2.37. The zero-order valence-corrected chi connectivity index (χ0v) is 16.7. The molecular formula is C22H25N3O4. The van der Waals surface area contributed by atoms with Crippen LogP contribution in [-0.4, -0.2) is 49.9 Å². The Labute approximate surface area is 170 Å². The lowest BCUT2D eigenvalue weighted by Gasteiger charge is -2.18. The molecule has 3 rings (SSSR count). The second kappa shape index (κ2) is 9.23. The van der Waals surface area contributed by atoms with Crippen LogP contribution in [0.4, 0.5) is 5.69 Å². The molecule has 2 aromatic rings. The molecule has 1 heterocycles. The summed E-state index contributed by atoms with van der Waals surface area (Å²) in [5.74, 6) is 0.315. The molecule has 1 saturated heterocycles. The van der Waals surface area contributed by atoms with Crippen molar-refractivity contribution in [3.05, 3.63) is 59.7 Å². The minimum Gasteiger partial charge on any atom is -0.497 e. The third-order valence-electron chi connectivity index (χ3n) is 4.89. The maximum absolute atomic E-state index is 12.3. The number of methoxy groups -OCH3 is 1. The predicted molar refractivity (Wildman–Crippen MR) is 110 cm³/mol. The minimum absolute atomic E-state index is 0.0916. The number of nitrogens with zero attached hydrogens (tertiary/aromatic N) is 2. The Bertz CT molecular complexity index is 895. The predicted octanol–water partition coefficient (Wildman–Crippen LogP) is 2.21. The first-order valence-electron chi connectivity index (χ1n) is 9.53. The molecule has 0 bridgehead atoms. The summed E-state index contributed by atoms with van der Waals surface area (Å²) in [6.45, 7) is 1.04. The lowest BCUT2D eigenvalue weighted by molar-refractivity contribution is -0.129. The number of nitrogens with one attached hydrogen (secondary N) is 1. The number of anilines is 1. The van der Waals surface area contributed by atoms with E-state index in [1.165, 1.54) is 0 Å². The maximum atomic E-state index is 12.3. The van der Waals surface area contributed by atoms with Crippen molar-refractivity contribution in [2.75, 3.05) is 32.1 Å². The molecule has 7 heteroatoms. The number of carbonyl (C=O) groups is 3. The fourth-order valence-electron chi connectivity index (χ4n) is 3.24. The summed E-state index contributed by atoms with van der Waals surface area (Å²) in [7, 11) is 3.29. The molecule has 0 saturated carbocycles. The number of hydrogen-bond donors (Lipinski definition) is 1. The van der Waals surface area contributed by atoms with Gasteiger partial charge in [-0.3, -0.25) is 14.4 Å². The average molecular weight is 395 g/mol. The summed E-state index contributed by atoms with van der Waals surface area (Å²) in [6, 6.07) is 14.3. The Morgan fingerprint density at radius 2 is 1.93 bits per heavy atom. The number of ether oxygens (including phenoxy) is 1. The van der Waals surface area contributed by atoms with Gasteiger partial charge in [0.05, 0.1) is 13.7 Å². The zero-order chi connectivity index (χ0) is 20.8. The highest BCUT2D eigenvalue weighted by atomic mass is 16.5. The van der Waals surface area contributed by atoms with Gasteiger partial charge in [-0.1, -0.05) is 12.1 Å². The number of carbonyl (C=O) groups excluding carboxylic acids is 3. The summed E-state index contributed by atoms with van der Waals surface area (Å²) in [6.07, 6.45) is 1.42. The quantitative estimate of drug-likeness (QED) is 0.780. The highest BCUT2D eigenvalue weighted by Crippen LogP contribution is 2.21. The van der Waals surface area contributed by atoms with Crippen LogP contribution in [0.3, 0.4) is 0 Å². The van der Waals surface area contributed by atoms with E-state index < -0.39 is 0 Å². The highest BCUT2D eigenvalue weighted by Gasteiger charge is 2.21. The fourth-order valence-corrected chi connectivity index (χ4v) is 3.24. The molecule has 1 aliphatic heterocycles. The number of benzene rings is 2. The Morgan fingerprint density at radius 3 is 2.59 bits per heavy atom. The lowest BCUT2D eigenvalue weighted by atomic mass is 10.2. The van der Waals surface area contributed by atoms with E-state index in [0.29, 0.717) is 25.1 Å². The van der Waals surface area contributed by atoms with Gasteiger partial charge in [0.15, 0.2) is 0 Å². The first-order valence-corrected chi connectivity index (χ1v) is 9.53. The van der Waals surface area contributed by atoms with Crippen molar-refractivity contribution in [2.45, 2.75) is 19.4 Å². The van der Waals surface area contributed by atoms with E-state index in [9.17, 15) is 14.4 Å². The summed E-state index contributed by atoms with van der Waals surface area (Å²) in [5, 5.41) is 2.65. The van der Waals surface area contributed by atoms with Gasteiger partial charge in [-0.15, -0.1) is 0 Å². The molecule has 7 nitrogen and oxygen atoms in total. The number of hydrogen-bond acceptors (Lipinski definition) is 4.